The molecule has 23 heavy (non-hydrogen) atoms. The molecule has 0 aliphatic carbocycles. The number of carboxylic acids is 1. The van der Waals surface area contributed by atoms with Gasteiger partial charge in [-0.1, -0.05) is 29.3 Å². The van der Waals surface area contributed by atoms with E-state index < -0.39 is 17.9 Å². The van der Waals surface area contributed by atoms with Crippen LogP contribution in [0.15, 0.2) is 40.7 Å². The number of dihydropyridines is 1. The molecule has 0 amide bonds. The SMILES string of the molecule is COC(=O)C1=C(C)NC(C)=C(C(=O)O)C1c1c(Cl)cccc1Cl. The lowest BCUT2D eigenvalue weighted by molar-refractivity contribution is -0.136. The number of halogens is 2. The van der Waals surface area contributed by atoms with E-state index in [1.54, 1.807) is 32.0 Å². The lowest BCUT2D eigenvalue weighted by Crippen LogP contribution is -2.31. The van der Waals surface area contributed by atoms with Gasteiger partial charge in [0.05, 0.1) is 24.2 Å². The van der Waals surface area contributed by atoms with E-state index in [4.69, 9.17) is 27.9 Å². The topological polar surface area (TPSA) is 75.6 Å². The van der Waals surface area contributed by atoms with Gasteiger partial charge in [0.1, 0.15) is 0 Å². The number of aliphatic carboxylic acids is 1. The van der Waals surface area contributed by atoms with Crippen LogP contribution in [0.5, 0.6) is 0 Å². The molecule has 2 N–H and O–H groups in total. The number of carbonyl (C=O) groups excluding carboxylic acids is 1. The molecule has 1 aliphatic rings. The van der Waals surface area contributed by atoms with Crippen molar-refractivity contribution in [2.24, 2.45) is 0 Å². The average molecular weight is 356 g/mol. The molecule has 1 aromatic rings. The molecule has 2 rings (SSSR count). The summed E-state index contributed by atoms with van der Waals surface area (Å²) in [5.74, 6) is -2.71. The third-order valence-corrected chi connectivity index (χ3v) is 4.34. The van der Waals surface area contributed by atoms with Gasteiger partial charge in [0.2, 0.25) is 0 Å². The number of carboxylic acid groups (broad SMARTS) is 1. The number of nitrogens with one attached hydrogen (secondary N) is 1. The zero-order valence-corrected chi connectivity index (χ0v) is 14.2. The molecule has 0 radical (unpaired) electrons. The summed E-state index contributed by atoms with van der Waals surface area (Å²) < 4.78 is 4.82. The molecule has 1 aliphatic heterocycles. The molecule has 0 fully saturated rings. The summed E-state index contributed by atoms with van der Waals surface area (Å²) in [4.78, 5) is 24.0. The molecular formula is C16H15Cl2NO4. The van der Waals surface area contributed by atoms with Gasteiger partial charge in [0.15, 0.2) is 0 Å². The van der Waals surface area contributed by atoms with Crippen molar-refractivity contribution in [2.75, 3.05) is 7.11 Å². The molecule has 1 atom stereocenters. The van der Waals surface area contributed by atoms with Crippen LogP contribution >= 0.6 is 23.2 Å². The van der Waals surface area contributed by atoms with Crippen molar-refractivity contribution in [3.63, 3.8) is 0 Å². The van der Waals surface area contributed by atoms with E-state index in [1.807, 2.05) is 0 Å². The molecule has 1 unspecified atom stereocenters. The van der Waals surface area contributed by atoms with Crippen molar-refractivity contribution >= 4 is 35.1 Å². The number of carbonyl (C=O) groups is 2. The average Bonchev–Trinajstić information content (AvgIpc) is 2.45. The van der Waals surface area contributed by atoms with Gasteiger partial charge in [-0.15, -0.1) is 0 Å². The third kappa shape index (κ3) is 3.07. The molecule has 5 nitrogen and oxygen atoms in total. The first-order valence-electron chi connectivity index (χ1n) is 6.73. The van der Waals surface area contributed by atoms with Crippen molar-refractivity contribution in [3.05, 3.63) is 56.3 Å². The third-order valence-electron chi connectivity index (χ3n) is 3.68. The second kappa shape index (κ2) is 6.64. The Kier molecular flexibility index (Phi) is 5.02. The number of esters is 1. The first-order chi connectivity index (χ1) is 10.8. The molecular weight excluding hydrogens is 341 g/mol. The maximum absolute atomic E-state index is 12.2. The van der Waals surface area contributed by atoms with Gasteiger partial charge in [-0.3, -0.25) is 0 Å². The van der Waals surface area contributed by atoms with Crippen LogP contribution in [-0.4, -0.2) is 24.2 Å². The van der Waals surface area contributed by atoms with E-state index in [9.17, 15) is 14.7 Å². The Morgan fingerprint density at radius 1 is 1.13 bits per heavy atom. The molecule has 7 heteroatoms. The fourth-order valence-electron chi connectivity index (χ4n) is 2.73. The van der Waals surface area contributed by atoms with E-state index in [1.165, 1.54) is 7.11 Å². The van der Waals surface area contributed by atoms with Crippen molar-refractivity contribution in [2.45, 2.75) is 19.8 Å². The number of rotatable bonds is 3. The molecule has 0 spiro atoms. The van der Waals surface area contributed by atoms with E-state index in [0.717, 1.165) is 0 Å². The van der Waals surface area contributed by atoms with Gasteiger partial charge < -0.3 is 15.2 Å². The predicted molar refractivity (Wildman–Crippen MR) is 87.4 cm³/mol. The molecule has 122 valence electrons. The lowest BCUT2D eigenvalue weighted by Gasteiger charge is -2.30. The Balaban J connectivity index is 2.81. The van der Waals surface area contributed by atoms with Crippen LogP contribution in [0, 0.1) is 0 Å². The van der Waals surface area contributed by atoms with Crippen LogP contribution in [0.4, 0.5) is 0 Å². The highest BCUT2D eigenvalue weighted by molar-refractivity contribution is 6.36. The number of hydrogen-bond donors (Lipinski definition) is 2. The zero-order valence-electron chi connectivity index (χ0n) is 12.7. The second-order valence-electron chi connectivity index (χ2n) is 5.07. The van der Waals surface area contributed by atoms with Crippen molar-refractivity contribution in [1.82, 2.24) is 5.32 Å². The van der Waals surface area contributed by atoms with Crippen molar-refractivity contribution < 1.29 is 19.4 Å². The van der Waals surface area contributed by atoms with E-state index in [2.05, 4.69) is 5.32 Å². The maximum Gasteiger partial charge on any atom is 0.336 e. The van der Waals surface area contributed by atoms with Crippen LogP contribution in [0.25, 0.3) is 0 Å². The summed E-state index contributed by atoms with van der Waals surface area (Å²) in [6.07, 6.45) is 0. The number of benzene rings is 1. The Morgan fingerprint density at radius 2 is 1.65 bits per heavy atom. The maximum atomic E-state index is 12.2. The Morgan fingerprint density at radius 3 is 2.13 bits per heavy atom. The summed E-state index contributed by atoms with van der Waals surface area (Å²) in [6.45, 7) is 3.30. The smallest absolute Gasteiger partial charge is 0.336 e. The number of hydrogen-bond acceptors (Lipinski definition) is 4. The van der Waals surface area contributed by atoms with Gasteiger partial charge in [0, 0.05) is 27.0 Å². The Bertz CT molecular complexity index is 732. The first-order valence-corrected chi connectivity index (χ1v) is 7.49. The Labute approximate surface area is 143 Å². The number of ether oxygens (including phenoxy) is 1. The summed E-state index contributed by atoms with van der Waals surface area (Å²) in [6, 6.07) is 4.86. The van der Waals surface area contributed by atoms with Crippen molar-refractivity contribution in [1.29, 1.82) is 0 Å². The minimum absolute atomic E-state index is 0.00556. The van der Waals surface area contributed by atoms with Crippen LogP contribution in [-0.2, 0) is 14.3 Å². The second-order valence-corrected chi connectivity index (χ2v) is 5.88. The molecule has 0 saturated heterocycles. The highest BCUT2D eigenvalue weighted by Crippen LogP contribution is 2.44. The number of allylic oxidation sites excluding steroid dienone is 2. The summed E-state index contributed by atoms with van der Waals surface area (Å²) in [5.41, 5.74) is 1.47. The van der Waals surface area contributed by atoms with Crippen LogP contribution in [0.2, 0.25) is 10.0 Å². The summed E-state index contributed by atoms with van der Waals surface area (Å²) in [5, 5.41) is 13.1. The molecule has 1 heterocycles. The van der Waals surface area contributed by atoms with Gasteiger partial charge in [-0.25, -0.2) is 9.59 Å². The van der Waals surface area contributed by atoms with E-state index >= 15 is 0 Å². The molecule has 0 bridgehead atoms. The normalized spacial score (nSPS) is 17.9. The Hall–Kier alpha value is -1.98. The molecule has 0 saturated carbocycles. The van der Waals surface area contributed by atoms with E-state index in [0.29, 0.717) is 17.0 Å². The number of methoxy groups -OCH3 is 1. The standard InChI is InChI=1S/C16H15Cl2NO4/c1-7-11(15(20)21)14(12(8(2)19-7)16(22)23-3)13-9(17)5-4-6-10(13)18/h4-6,14,19H,1-3H3,(H,20,21). The monoisotopic (exact) mass is 355 g/mol. The molecule has 1 aromatic carbocycles. The highest BCUT2D eigenvalue weighted by atomic mass is 35.5. The van der Waals surface area contributed by atoms with Crippen LogP contribution in [0.3, 0.4) is 0 Å². The van der Waals surface area contributed by atoms with Gasteiger partial charge in [0.25, 0.3) is 0 Å². The summed E-state index contributed by atoms with van der Waals surface area (Å²) >= 11 is 12.5. The first kappa shape index (κ1) is 17.4. The largest absolute Gasteiger partial charge is 0.478 e. The summed E-state index contributed by atoms with van der Waals surface area (Å²) in [7, 11) is 1.24. The fraction of sp³-hybridized carbons (Fsp3) is 0.250. The van der Waals surface area contributed by atoms with Crippen LogP contribution < -0.4 is 5.32 Å². The zero-order chi connectivity index (χ0) is 17.3. The minimum atomic E-state index is -1.16. The van der Waals surface area contributed by atoms with Crippen molar-refractivity contribution in [3.8, 4) is 0 Å². The minimum Gasteiger partial charge on any atom is -0.478 e. The van der Waals surface area contributed by atoms with Crippen LogP contribution in [0.1, 0.15) is 25.3 Å². The quantitative estimate of drug-likeness (QED) is 0.811. The predicted octanol–water partition coefficient (Wildman–Crippen LogP) is 3.49. The van der Waals surface area contributed by atoms with Gasteiger partial charge in [-0.2, -0.15) is 0 Å². The fourth-order valence-corrected chi connectivity index (χ4v) is 3.35. The molecule has 0 aromatic heterocycles. The van der Waals surface area contributed by atoms with Gasteiger partial charge >= 0.3 is 11.9 Å². The van der Waals surface area contributed by atoms with Gasteiger partial charge in [-0.05, 0) is 26.0 Å². The lowest BCUT2D eigenvalue weighted by atomic mass is 9.80. The highest BCUT2D eigenvalue weighted by Gasteiger charge is 2.39. The van der Waals surface area contributed by atoms with E-state index in [-0.39, 0.29) is 21.2 Å².